The van der Waals surface area contributed by atoms with Gasteiger partial charge in [0.05, 0.1) is 6.42 Å². The van der Waals surface area contributed by atoms with E-state index < -0.39 is 5.97 Å². The highest BCUT2D eigenvalue weighted by Gasteiger charge is 2.22. The molecule has 0 fully saturated rings. The number of urea groups is 1. The molecule has 2 unspecified atom stereocenters. The van der Waals surface area contributed by atoms with Crippen molar-refractivity contribution in [2.75, 3.05) is 7.05 Å². The zero-order chi connectivity index (χ0) is 14.3. The number of aliphatic carboxylic acids is 1. The lowest BCUT2D eigenvalue weighted by molar-refractivity contribution is -0.137. The van der Waals surface area contributed by atoms with E-state index in [1.807, 2.05) is 20.8 Å². The molecule has 0 radical (unpaired) electrons. The Bertz CT molecular complexity index is 279. The van der Waals surface area contributed by atoms with Crippen molar-refractivity contribution in [3.05, 3.63) is 0 Å². The Balaban J connectivity index is 4.45. The Morgan fingerprint density at radius 1 is 1.28 bits per heavy atom. The fourth-order valence-electron chi connectivity index (χ4n) is 1.71. The molecule has 0 heterocycles. The van der Waals surface area contributed by atoms with Crippen LogP contribution in [0.3, 0.4) is 0 Å². The summed E-state index contributed by atoms with van der Waals surface area (Å²) in [7, 11) is 1.74. The van der Waals surface area contributed by atoms with E-state index in [4.69, 9.17) is 5.11 Å². The number of amides is 2. The van der Waals surface area contributed by atoms with Gasteiger partial charge in [-0.2, -0.15) is 0 Å². The summed E-state index contributed by atoms with van der Waals surface area (Å²) < 4.78 is 0. The van der Waals surface area contributed by atoms with Crippen LogP contribution < -0.4 is 5.32 Å². The predicted octanol–water partition coefficient (Wildman–Crippen LogP) is 2.32. The second-order valence-corrected chi connectivity index (χ2v) is 5.15. The van der Waals surface area contributed by atoms with Crippen LogP contribution in [0.5, 0.6) is 0 Å². The Morgan fingerprint density at radius 2 is 1.83 bits per heavy atom. The summed E-state index contributed by atoms with van der Waals surface area (Å²) in [6.45, 7) is 7.88. The number of nitrogens with one attached hydrogen (secondary N) is 1. The highest BCUT2D eigenvalue weighted by molar-refractivity contribution is 5.76. The largest absolute Gasteiger partial charge is 0.481 e. The van der Waals surface area contributed by atoms with Gasteiger partial charge in [0.25, 0.3) is 0 Å². The molecule has 2 amide bonds. The molecule has 5 nitrogen and oxygen atoms in total. The molecule has 0 saturated heterocycles. The minimum Gasteiger partial charge on any atom is -0.481 e. The fraction of sp³-hybridized carbons (Fsp3) is 0.846. The second kappa shape index (κ2) is 7.95. The summed E-state index contributed by atoms with van der Waals surface area (Å²) in [5.41, 5.74) is 0. The van der Waals surface area contributed by atoms with Crippen LogP contribution in [-0.2, 0) is 4.79 Å². The van der Waals surface area contributed by atoms with Gasteiger partial charge >= 0.3 is 12.0 Å². The maximum Gasteiger partial charge on any atom is 0.317 e. The molecule has 0 saturated carbocycles. The van der Waals surface area contributed by atoms with Crippen molar-refractivity contribution in [1.29, 1.82) is 0 Å². The van der Waals surface area contributed by atoms with E-state index in [0.29, 0.717) is 0 Å². The molecule has 0 aliphatic carbocycles. The molecule has 0 aromatic heterocycles. The highest BCUT2D eigenvalue weighted by Crippen LogP contribution is 2.09. The summed E-state index contributed by atoms with van der Waals surface area (Å²) in [4.78, 5) is 24.4. The molecule has 0 spiro atoms. The Hall–Kier alpha value is -1.26. The quantitative estimate of drug-likeness (QED) is 0.736. The van der Waals surface area contributed by atoms with Crippen LogP contribution in [-0.4, -0.2) is 41.1 Å². The van der Waals surface area contributed by atoms with Crippen LogP contribution in [0.2, 0.25) is 0 Å². The summed E-state index contributed by atoms with van der Waals surface area (Å²) in [5, 5.41) is 11.6. The van der Waals surface area contributed by atoms with Gasteiger partial charge in [-0.25, -0.2) is 4.79 Å². The Labute approximate surface area is 110 Å². The second-order valence-electron chi connectivity index (χ2n) is 5.15. The van der Waals surface area contributed by atoms with Crippen molar-refractivity contribution >= 4 is 12.0 Å². The van der Waals surface area contributed by atoms with Crippen LogP contribution >= 0.6 is 0 Å². The Morgan fingerprint density at radius 3 is 2.22 bits per heavy atom. The number of carbonyl (C=O) groups excluding carboxylic acids is 1. The van der Waals surface area contributed by atoms with Crippen LogP contribution in [0.25, 0.3) is 0 Å². The first-order valence-electron chi connectivity index (χ1n) is 6.54. The van der Waals surface area contributed by atoms with Gasteiger partial charge in [-0.05, 0) is 19.3 Å². The predicted molar refractivity (Wildman–Crippen MR) is 71.5 cm³/mol. The molecule has 0 aliphatic rings. The average molecular weight is 258 g/mol. The number of hydrogen-bond donors (Lipinski definition) is 2. The molecule has 106 valence electrons. The van der Waals surface area contributed by atoms with Crippen LogP contribution in [0.15, 0.2) is 0 Å². The van der Waals surface area contributed by atoms with Gasteiger partial charge in [0, 0.05) is 19.1 Å². The lowest BCUT2D eigenvalue weighted by atomic mass is 10.0. The fourth-order valence-corrected chi connectivity index (χ4v) is 1.71. The number of carboxylic acids is 1. The standard InChI is InChI=1S/C13H26N2O3/c1-6-7-10(4)15(5)13(18)14-11(9(2)3)8-12(16)17/h9-11H,6-8H2,1-5H3,(H,14,18)(H,16,17). The zero-order valence-corrected chi connectivity index (χ0v) is 12.1. The molecule has 5 heteroatoms. The van der Waals surface area contributed by atoms with Crippen LogP contribution in [0.1, 0.15) is 47.0 Å². The SMILES string of the molecule is CCCC(C)N(C)C(=O)NC(CC(=O)O)C(C)C. The number of carbonyl (C=O) groups is 2. The molecule has 0 rings (SSSR count). The third kappa shape index (κ3) is 5.89. The molecule has 18 heavy (non-hydrogen) atoms. The van der Waals surface area contributed by atoms with E-state index in [1.165, 1.54) is 0 Å². The van der Waals surface area contributed by atoms with Gasteiger partial charge < -0.3 is 15.3 Å². The van der Waals surface area contributed by atoms with E-state index in [0.717, 1.165) is 12.8 Å². The van der Waals surface area contributed by atoms with Gasteiger partial charge in [-0.1, -0.05) is 27.2 Å². The third-order valence-corrected chi connectivity index (χ3v) is 3.20. The van der Waals surface area contributed by atoms with Gasteiger partial charge in [-0.15, -0.1) is 0 Å². The molecule has 0 aromatic rings. The van der Waals surface area contributed by atoms with Gasteiger partial charge in [0.15, 0.2) is 0 Å². The van der Waals surface area contributed by atoms with E-state index in [-0.39, 0.29) is 30.5 Å². The first-order valence-corrected chi connectivity index (χ1v) is 6.54. The van der Waals surface area contributed by atoms with Crippen LogP contribution in [0.4, 0.5) is 4.79 Å². The van der Waals surface area contributed by atoms with E-state index in [2.05, 4.69) is 12.2 Å². The maximum absolute atomic E-state index is 12.0. The number of nitrogens with zero attached hydrogens (tertiary/aromatic N) is 1. The minimum atomic E-state index is -0.891. The lowest BCUT2D eigenvalue weighted by Crippen LogP contribution is -2.48. The van der Waals surface area contributed by atoms with Crippen molar-refractivity contribution in [2.45, 2.75) is 59.0 Å². The minimum absolute atomic E-state index is 0.0423. The Kier molecular flexibility index (Phi) is 7.39. The average Bonchev–Trinajstić information content (AvgIpc) is 2.26. The van der Waals surface area contributed by atoms with E-state index >= 15 is 0 Å². The molecule has 0 aliphatic heterocycles. The van der Waals surface area contributed by atoms with E-state index in [1.54, 1.807) is 11.9 Å². The first kappa shape index (κ1) is 16.7. The molecular formula is C13H26N2O3. The van der Waals surface area contributed by atoms with Crippen molar-refractivity contribution in [1.82, 2.24) is 10.2 Å². The monoisotopic (exact) mass is 258 g/mol. The highest BCUT2D eigenvalue weighted by atomic mass is 16.4. The summed E-state index contributed by atoms with van der Waals surface area (Å²) >= 11 is 0. The van der Waals surface area contributed by atoms with Crippen molar-refractivity contribution in [3.8, 4) is 0 Å². The normalized spacial score (nSPS) is 14.1. The molecule has 0 aromatic carbocycles. The molecule has 2 atom stereocenters. The van der Waals surface area contributed by atoms with Gasteiger partial charge in [-0.3, -0.25) is 4.79 Å². The summed E-state index contributed by atoms with van der Waals surface area (Å²) in [5.74, 6) is -0.793. The van der Waals surface area contributed by atoms with Crippen molar-refractivity contribution < 1.29 is 14.7 Å². The smallest absolute Gasteiger partial charge is 0.317 e. The topological polar surface area (TPSA) is 69.6 Å². The van der Waals surface area contributed by atoms with Crippen LogP contribution in [0, 0.1) is 5.92 Å². The number of hydrogen-bond acceptors (Lipinski definition) is 2. The third-order valence-electron chi connectivity index (χ3n) is 3.20. The zero-order valence-electron chi connectivity index (χ0n) is 12.1. The number of carboxylic acid groups (broad SMARTS) is 1. The maximum atomic E-state index is 12.0. The summed E-state index contributed by atoms with van der Waals surface area (Å²) in [6, 6.07) is -0.366. The van der Waals surface area contributed by atoms with Gasteiger partial charge in [0.1, 0.15) is 0 Å². The van der Waals surface area contributed by atoms with Crippen molar-refractivity contribution in [2.24, 2.45) is 5.92 Å². The molecule has 2 N–H and O–H groups in total. The van der Waals surface area contributed by atoms with Gasteiger partial charge in [0.2, 0.25) is 0 Å². The van der Waals surface area contributed by atoms with E-state index in [9.17, 15) is 9.59 Å². The van der Waals surface area contributed by atoms with Crippen molar-refractivity contribution in [3.63, 3.8) is 0 Å². The molecular weight excluding hydrogens is 232 g/mol. The first-order chi connectivity index (χ1) is 8.29. The lowest BCUT2D eigenvalue weighted by Gasteiger charge is -2.28. The number of rotatable bonds is 7. The molecule has 0 bridgehead atoms. The summed E-state index contributed by atoms with van der Waals surface area (Å²) in [6.07, 6.45) is 1.91.